The molecule has 0 aromatic carbocycles. The molecule has 1 aliphatic heterocycles. The van der Waals surface area contributed by atoms with Gasteiger partial charge < -0.3 is 14.6 Å². The molecule has 2 aromatic rings. The second-order valence-electron chi connectivity index (χ2n) is 6.01. The van der Waals surface area contributed by atoms with Gasteiger partial charge >= 0.3 is 0 Å². The number of hydrogen-bond donors (Lipinski definition) is 1. The van der Waals surface area contributed by atoms with Crippen LogP contribution in [0.25, 0.3) is 0 Å². The van der Waals surface area contributed by atoms with Crippen molar-refractivity contribution < 1.29 is 13.2 Å². The molecule has 136 valence electrons. The van der Waals surface area contributed by atoms with E-state index in [1.165, 1.54) is 10.6 Å². The molecule has 0 aliphatic carbocycles. The Hall–Kier alpha value is -2.20. The number of nitrogens with zero attached hydrogens (tertiary/aromatic N) is 5. The van der Waals surface area contributed by atoms with Crippen LogP contribution in [0.3, 0.4) is 0 Å². The molecule has 2 aromatic heterocycles. The first-order chi connectivity index (χ1) is 11.9. The lowest BCUT2D eigenvalue weighted by atomic mass is 10.1. The molecule has 9 nitrogen and oxygen atoms in total. The van der Waals surface area contributed by atoms with E-state index in [0.29, 0.717) is 43.5 Å². The molecule has 1 saturated heterocycles. The lowest BCUT2D eigenvalue weighted by Crippen LogP contribution is -2.42. The number of sulfonamides is 1. The highest BCUT2D eigenvalue weighted by Gasteiger charge is 2.31. The SMILES string of the molecule is COc1cc(NC2CCN(S(=O)(=O)c3cn(C)c(C)n3)CC2)ncn1. The van der Waals surface area contributed by atoms with Crippen LogP contribution >= 0.6 is 0 Å². The van der Waals surface area contributed by atoms with Crippen LogP contribution in [0.15, 0.2) is 23.6 Å². The first-order valence-corrected chi connectivity index (χ1v) is 9.47. The van der Waals surface area contributed by atoms with E-state index in [9.17, 15) is 8.42 Å². The van der Waals surface area contributed by atoms with Crippen molar-refractivity contribution in [2.75, 3.05) is 25.5 Å². The van der Waals surface area contributed by atoms with Gasteiger partial charge in [-0.1, -0.05) is 0 Å². The number of rotatable bonds is 5. The van der Waals surface area contributed by atoms with Gasteiger partial charge in [-0.3, -0.25) is 0 Å². The van der Waals surface area contributed by atoms with E-state index in [4.69, 9.17) is 4.74 Å². The zero-order valence-electron chi connectivity index (χ0n) is 14.5. The summed E-state index contributed by atoms with van der Waals surface area (Å²) in [4.78, 5) is 12.3. The summed E-state index contributed by atoms with van der Waals surface area (Å²) in [5.41, 5.74) is 0. The summed E-state index contributed by atoms with van der Waals surface area (Å²) in [6, 6.07) is 1.87. The van der Waals surface area contributed by atoms with Crippen LogP contribution in [0.1, 0.15) is 18.7 Å². The Balaban J connectivity index is 1.63. The van der Waals surface area contributed by atoms with E-state index in [-0.39, 0.29) is 11.1 Å². The molecule has 3 heterocycles. The highest BCUT2D eigenvalue weighted by atomic mass is 32.2. The Morgan fingerprint density at radius 1 is 1.28 bits per heavy atom. The summed E-state index contributed by atoms with van der Waals surface area (Å²) in [6.45, 7) is 2.67. The third kappa shape index (κ3) is 3.74. The minimum atomic E-state index is -3.54. The first kappa shape index (κ1) is 17.6. The molecule has 1 aliphatic rings. The number of aromatic nitrogens is 4. The summed E-state index contributed by atoms with van der Waals surface area (Å²) in [5.74, 6) is 1.84. The highest BCUT2D eigenvalue weighted by molar-refractivity contribution is 7.89. The zero-order chi connectivity index (χ0) is 18.0. The Kier molecular flexibility index (Phi) is 4.91. The first-order valence-electron chi connectivity index (χ1n) is 8.03. The maximum absolute atomic E-state index is 12.7. The molecule has 0 radical (unpaired) electrons. The molecular weight excluding hydrogens is 344 g/mol. The quantitative estimate of drug-likeness (QED) is 0.834. The molecule has 0 bridgehead atoms. The van der Waals surface area contributed by atoms with Gasteiger partial charge in [0.15, 0.2) is 5.03 Å². The summed E-state index contributed by atoms with van der Waals surface area (Å²) < 4.78 is 33.7. The standard InChI is InChI=1S/C15H22N6O3S/c1-11-18-15(9-20(11)2)25(22,23)21-6-4-12(5-7-21)19-13-8-14(24-3)17-10-16-13/h8-10,12H,4-7H2,1-3H3,(H,16,17,19). The van der Waals surface area contributed by atoms with E-state index in [0.717, 1.165) is 0 Å². The number of methoxy groups -OCH3 is 1. The fourth-order valence-electron chi connectivity index (χ4n) is 2.76. The van der Waals surface area contributed by atoms with E-state index in [1.807, 2.05) is 0 Å². The Labute approximate surface area is 147 Å². The molecule has 0 amide bonds. The van der Waals surface area contributed by atoms with Gasteiger partial charge in [0.1, 0.15) is 18.0 Å². The molecule has 25 heavy (non-hydrogen) atoms. The minimum absolute atomic E-state index is 0.111. The van der Waals surface area contributed by atoms with Gasteiger partial charge in [0.2, 0.25) is 5.88 Å². The van der Waals surface area contributed by atoms with Gasteiger partial charge in [-0.15, -0.1) is 0 Å². The fourth-order valence-corrected chi connectivity index (χ4v) is 4.26. The third-order valence-corrected chi connectivity index (χ3v) is 6.12. The van der Waals surface area contributed by atoms with Gasteiger partial charge in [0.25, 0.3) is 10.0 Å². The van der Waals surface area contributed by atoms with Crippen molar-refractivity contribution in [2.45, 2.75) is 30.8 Å². The van der Waals surface area contributed by atoms with Crippen LogP contribution < -0.4 is 10.1 Å². The van der Waals surface area contributed by atoms with Gasteiger partial charge in [0.05, 0.1) is 7.11 Å². The number of imidazole rings is 1. The molecule has 3 rings (SSSR count). The minimum Gasteiger partial charge on any atom is -0.481 e. The summed E-state index contributed by atoms with van der Waals surface area (Å²) in [5, 5.41) is 3.42. The van der Waals surface area contributed by atoms with Gasteiger partial charge in [0, 0.05) is 38.4 Å². The Bertz CT molecular complexity index is 823. The van der Waals surface area contributed by atoms with Crippen molar-refractivity contribution in [3.8, 4) is 5.88 Å². The molecule has 10 heteroatoms. The number of nitrogens with one attached hydrogen (secondary N) is 1. The number of ether oxygens (including phenoxy) is 1. The maximum Gasteiger partial charge on any atom is 0.262 e. The fraction of sp³-hybridized carbons (Fsp3) is 0.533. The molecule has 1 fully saturated rings. The van der Waals surface area contributed by atoms with Gasteiger partial charge in [-0.25, -0.2) is 23.4 Å². The van der Waals surface area contributed by atoms with Crippen molar-refractivity contribution in [3.05, 3.63) is 24.4 Å². The lowest BCUT2D eigenvalue weighted by molar-refractivity contribution is 0.328. The molecule has 1 N–H and O–H groups in total. The maximum atomic E-state index is 12.7. The second kappa shape index (κ2) is 6.96. The second-order valence-corrected chi connectivity index (χ2v) is 7.89. The van der Waals surface area contributed by atoms with Crippen molar-refractivity contribution in [1.29, 1.82) is 0 Å². The van der Waals surface area contributed by atoms with Crippen LogP contribution in [0, 0.1) is 6.92 Å². The predicted octanol–water partition coefficient (Wildman–Crippen LogP) is 0.792. The van der Waals surface area contributed by atoms with Gasteiger partial charge in [-0.05, 0) is 19.8 Å². The summed E-state index contributed by atoms with van der Waals surface area (Å²) >= 11 is 0. The number of aryl methyl sites for hydroxylation is 2. The largest absolute Gasteiger partial charge is 0.481 e. The zero-order valence-corrected chi connectivity index (χ0v) is 15.3. The van der Waals surface area contributed by atoms with Crippen LogP contribution in [0.4, 0.5) is 5.82 Å². The summed E-state index contributed by atoms with van der Waals surface area (Å²) in [6.07, 6.45) is 4.38. The van der Waals surface area contributed by atoms with E-state index < -0.39 is 10.0 Å². The molecular formula is C15H22N6O3S. The molecule has 0 saturated carbocycles. The summed E-state index contributed by atoms with van der Waals surface area (Å²) in [7, 11) is -0.207. The van der Waals surface area contributed by atoms with E-state index >= 15 is 0 Å². The monoisotopic (exact) mass is 366 g/mol. The van der Waals surface area contributed by atoms with Crippen LogP contribution in [0.5, 0.6) is 5.88 Å². The van der Waals surface area contributed by atoms with Crippen LogP contribution in [-0.4, -0.2) is 58.5 Å². The van der Waals surface area contributed by atoms with Crippen molar-refractivity contribution >= 4 is 15.8 Å². The lowest BCUT2D eigenvalue weighted by Gasteiger charge is -2.31. The molecule has 0 atom stereocenters. The smallest absolute Gasteiger partial charge is 0.262 e. The normalized spacial score (nSPS) is 16.8. The number of piperidine rings is 1. The molecule has 0 spiro atoms. The number of anilines is 1. The van der Waals surface area contributed by atoms with E-state index in [2.05, 4.69) is 20.3 Å². The highest BCUT2D eigenvalue weighted by Crippen LogP contribution is 2.22. The predicted molar refractivity (Wildman–Crippen MR) is 91.9 cm³/mol. The number of hydrogen-bond acceptors (Lipinski definition) is 7. The molecule has 0 unspecified atom stereocenters. The van der Waals surface area contributed by atoms with E-state index in [1.54, 1.807) is 37.9 Å². The Morgan fingerprint density at radius 2 is 2.00 bits per heavy atom. The average molecular weight is 366 g/mol. The van der Waals surface area contributed by atoms with Crippen molar-refractivity contribution in [1.82, 2.24) is 23.8 Å². The van der Waals surface area contributed by atoms with Crippen molar-refractivity contribution in [3.63, 3.8) is 0 Å². The third-order valence-electron chi connectivity index (χ3n) is 4.35. The van der Waals surface area contributed by atoms with Crippen molar-refractivity contribution in [2.24, 2.45) is 7.05 Å². The van der Waals surface area contributed by atoms with Crippen LogP contribution in [-0.2, 0) is 17.1 Å². The average Bonchev–Trinajstić information content (AvgIpc) is 2.95. The topological polar surface area (TPSA) is 102 Å². The Morgan fingerprint density at radius 3 is 2.60 bits per heavy atom. The van der Waals surface area contributed by atoms with Crippen LogP contribution in [0.2, 0.25) is 0 Å². The van der Waals surface area contributed by atoms with Gasteiger partial charge in [-0.2, -0.15) is 4.31 Å².